The molecule has 0 aliphatic rings. The summed E-state index contributed by atoms with van der Waals surface area (Å²) in [5, 5.41) is 0. The second kappa shape index (κ2) is 6.09. The predicted octanol–water partition coefficient (Wildman–Crippen LogP) is 3.75. The van der Waals surface area contributed by atoms with E-state index in [0.29, 0.717) is 11.9 Å². The number of alkyl halides is 1. The second-order valence-corrected chi connectivity index (χ2v) is 4.36. The number of halogens is 1. The molecule has 0 aliphatic carbocycles. The van der Waals surface area contributed by atoms with Crippen LogP contribution in [0.5, 0.6) is 0 Å². The molecule has 0 bridgehead atoms. The van der Waals surface area contributed by atoms with Crippen LogP contribution < -0.4 is 4.90 Å². The van der Waals surface area contributed by atoms with Crippen LogP contribution in [0.15, 0.2) is 12.1 Å². The summed E-state index contributed by atoms with van der Waals surface area (Å²) in [6, 6.07) is 4.68. The van der Waals surface area contributed by atoms with Crippen molar-refractivity contribution in [3.63, 3.8) is 0 Å². The Labute approximate surface area is 104 Å². The summed E-state index contributed by atoms with van der Waals surface area (Å²) in [7, 11) is 0. The first-order valence-electron chi connectivity index (χ1n) is 5.93. The van der Waals surface area contributed by atoms with Crippen molar-refractivity contribution in [2.24, 2.45) is 0 Å². The third-order valence-corrected chi connectivity index (χ3v) is 3.37. The highest BCUT2D eigenvalue weighted by molar-refractivity contribution is 6.17. The predicted molar refractivity (Wildman–Crippen MR) is 71.3 cm³/mol. The first-order chi connectivity index (χ1) is 7.63. The summed E-state index contributed by atoms with van der Waals surface area (Å²) < 4.78 is 0. The van der Waals surface area contributed by atoms with Gasteiger partial charge in [0.1, 0.15) is 5.82 Å². The lowest BCUT2D eigenvalue weighted by atomic mass is 10.2. The van der Waals surface area contributed by atoms with Crippen molar-refractivity contribution in [3.8, 4) is 0 Å². The van der Waals surface area contributed by atoms with E-state index in [1.807, 2.05) is 6.92 Å². The van der Waals surface area contributed by atoms with Gasteiger partial charge >= 0.3 is 0 Å². The lowest BCUT2D eigenvalue weighted by molar-refractivity contribution is 0.622. The van der Waals surface area contributed by atoms with Crippen molar-refractivity contribution >= 4 is 17.4 Å². The summed E-state index contributed by atoms with van der Waals surface area (Å²) in [5.74, 6) is 1.59. The van der Waals surface area contributed by atoms with Gasteiger partial charge in [-0.3, -0.25) is 0 Å². The number of pyridine rings is 1. The van der Waals surface area contributed by atoms with Crippen LogP contribution in [0, 0.1) is 6.92 Å². The molecule has 1 rings (SSSR count). The summed E-state index contributed by atoms with van der Waals surface area (Å²) in [6.45, 7) is 9.61. The Bertz CT molecular complexity index is 339. The fourth-order valence-corrected chi connectivity index (χ4v) is 2.08. The third kappa shape index (κ3) is 2.88. The van der Waals surface area contributed by atoms with Crippen LogP contribution in [-0.4, -0.2) is 17.6 Å². The summed E-state index contributed by atoms with van der Waals surface area (Å²) in [4.78, 5) is 6.95. The fourth-order valence-electron chi connectivity index (χ4n) is 1.80. The Morgan fingerprint density at radius 1 is 1.38 bits per heavy atom. The molecular weight excluding hydrogens is 220 g/mol. The molecule has 0 aliphatic heterocycles. The number of anilines is 1. The minimum absolute atomic E-state index is 0.527. The number of rotatable bonds is 5. The van der Waals surface area contributed by atoms with Gasteiger partial charge in [0.15, 0.2) is 0 Å². The highest BCUT2D eigenvalue weighted by Gasteiger charge is 2.12. The molecule has 0 spiro atoms. The van der Waals surface area contributed by atoms with Crippen LogP contribution in [0.3, 0.4) is 0 Å². The minimum Gasteiger partial charge on any atom is -0.354 e. The molecule has 0 N–H and O–H groups in total. The Kier molecular flexibility index (Phi) is 5.07. The molecule has 16 heavy (non-hydrogen) atoms. The molecule has 1 aromatic heterocycles. The smallest absolute Gasteiger partial charge is 0.129 e. The average molecular weight is 241 g/mol. The van der Waals surface area contributed by atoms with Gasteiger partial charge in [-0.25, -0.2) is 4.98 Å². The maximum atomic E-state index is 5.83. The van der Waals surface area contributed by atoms with E-state index in [1.54, 1.807) is 0 Å². The third-order valence-electron chi connectivity index (χ3n) is 3.08. The average Bonchev–Trinajstić information content (AvgIpc) is 2.30. The molecule has 0 saturated heterocycles. The summed E-state index contributed by atoms with van der Waals surface area (Å²) in [6.07, 6.45) is 1.13. The van der Waals surface area contributed by atoms with Gasteiger partial charge in [-0.1, -0.05) is 13.0 Å². The van der Waals surface area contributed by atoms with E-state index in [9.17, 15) is 0 Å². The van der Waals surface area contributed by atoms with Gasteiger partial charge in [0.25, 0.3) is 0 Å². The number of hydrogen-bond acceptors (Lipinski definition) is 2. The standard InChI is InChI=1S/C13H21ClN2/c1-5-10(3)16(6-2)13-8-7-12(9-14)11(4)15-13/h7-8,10H,5-6,9H2,1-4H3. The molecule has 1 heterocycles. The first kappa shape index (κ1) is 13.3. The second-order valence-electron chi connectivity index (χ2n) is 4.09. The van der Waals surface area contributed by atoms with Crippen LogP contribution in [-0.2, 0) is 5.88 Å². The minimum atomic E-state index is 0.527. The van der Waals surface area contributed by atoms with Gasteiger partial charge in [0.05, 0.1) is 0 Å². The van der Waals surface area contributed by atoms with Crippen LogP contribution in [0.4, 0.5) is 5.82 Å². The summed E-state index contributed by atoms with van der Waals surface area (Å²) in [5.41, 5.74) is 2.15. The van der Waals surface area contributed by atoms with Gasteiger partial charge in [0, 0.05) is 24.2 Å². The molecule has 0 aromatic carbocycles. The van der Waals surface area contributed by atoms with E-state index < -0.39 is 0 Å². The Morgan fingerprint density at radius 3 is 2.50 bits per heavy atom. The molecule has 1 unspecified atom stereocenters. The van der Waals surface area contributed by atoms with Gasteiger partial charge in [-0.15, -0.1) is 11.6 Å². The first-order valence-corrected chi connectivity index (χ1v) is 6.46. The Balaban J connectivity index is 2.98. The summed E-state index contributed by atoms with van der Waals surface area (Å²) >= 11 is 5.83. The molecular formula is C13H21ClN2. The Hall–Kier alpha value is -0.760. The molecule has 0 amide bonds. The van der Waals surface area contributed by atoms with Crippen molar-refractivity contribution in [1.82, 2.24) is 4.98 Å². The maximum absolute atomic E-state index is 5.83. The molecule has 2 nitrogen and oxygen atoms in total. The number of nitrogens with zero attached hydrogens (tertiary/aromatic N) is 2. The topological polar surface area (TPSA) is 16.1 Å². The quantitative estimate of drug-likeness (QED) is 0.729. The zero-order valence-corrected chi connectivity index (χ0v) is 11.4. The molecule has 90 valence electrons. The van der Waals surface area contributed by atoms with Gasteiger partial charge in [-0.05, 0) is 38.8 Å². The van der Waals surface area contributed by atoms with Gasteiger partial charge in [-0.2, -0.15) is 0 Å². The SMILES string of the molecule is CCC(C)N(CC)c1ccc(CCl)c(C)n1. The van der Waals surface area contributed by atoms with Crippen LogP contribution in [0.2, 0.25) is 0 Å². The molecule has 3 heteroatoms. The van der Waals surface area contributed by atoms with Crippen molar-refractivity contribution in [3.05, 3.63) is 23.4 Å². The normalized spacial score (nSPS) is 12.6. The van der Waals surface area contributed by atoms with Gasteiger partial charge in [0.2, 0.25) is 0 Å². The molecule has 0 saturated carbocycles. The van der Waals surface area contributed by atoms with E-state index in [-0.39, 0.29) is 0 Å². The van der Waals surface area contributed by atoms with Crippen molar-refractivity contribution in [1.29, 1.82) is 0 Å². The van der Waals surface area contributed by atoms with Crippen LogP contribution in [0.1, 0.15) is 38.4 Å². The lowest BCUT2D eigenvalue weighted by Gasteiger charge is -2.28. The Morgan fingerprint density at radius 2 is 2.06 bits per heavy atom. The van der Waals surface area contributed by atoms with Gasteiger partial charge < -0.3 is 4.90 Å². The molecule has 0 radical (unpaired) electrons. The van der Waals surface area contributed by atoms with Crippen molar-refractivity contribution < 1.29 is 0 Å². The highest BCUT2D eigenvalue weighted by atomic mass is 35.5. The van der Waals surface area contributed by atoms with Crippen LogP contribution in [0.25, 0.3) is 0 Å². The van der Waals surface area contributed by atoms with E-state index >= 15 is 0 Å². The van der Waals surface area contributed by atoms with E-state index in [4.69, 9.17) is 11.6 Å². The number of aromatic nitrogens is 1. The van der Waals surface area contributed by atoms with E-state index in [0.717, 1.165) is 30.0 Å². The maximum Gasteiger partial charge on any atom is 0.129 e. The van der Waals surface area contributed by atoms with Crippen molar-refractivity contribution in [2.75, 3.05) is 11.4 Å². The molecule has 1 aromatic rings. The van der Waals surface area contributed by atoms with E-state index in [1.165, 1.54) is 0 Å². The molecule has 0 fully saturated rings. The number of aryl methyl sites for hydroxylation is 1. The lowest BCUT2D eigenvalue weighted by Crippen LogP contribution is -2.33. The fraction of sp³-hybridized carbons (Fsp3) is 0.615. The largest absolute Gasteiger partial charge is 0.354 e. The van der Waals surface area contributed by atoms with E-state index in [2.05, 4.69) is 42.8 Å². The van der Waals surface area contributed by atoms with Crippen LogP contribution >= 0.6 is 11.6 Å². The monoisotopic (exact) mass is 240 g/mol. The zero-order valence-electron chi connectivity index (χ0n) is 10.6. The molecule has 1 atom stereocenters. The highest BCUT2D eigenvalue weighted by Crippen LogP contribution is 2.19. The van der Waals surface area contributed by atoms with Crippen molar-refractivity contribution in [2.45, 2.75) is 46.0 Å². The number of hydrogen-bond donors (Lipinski definition) is 0. The zero-order chi connectivity index (χ0) is 12.1.